The van der Waals surface area contributed by atoms with Gasteiger partial charge in [-0.25, -0.2) is 10.8 Å². The Kier molecular flexibility index (Phi) is 3.87. The summed E-state index contributed by atoms with van der Waals surface area (Å²) in [5.74, 6) is 7.50. The number of hydrogen-bond acceptors (Lipinski definition) is 4. The Morgan fingerprint density at radius 1 is 1.44 bits per heavy atom. The van der Waals surface area contributed by atoms with Gasteiger partial charge in [-0.2, -0.15) is 0 Å². The number of likely N-dealkylation sites (tertiary alicyclic amines) is 1. The van der Waals surface area contributed by atoms with E-state index in [9.17, 15) is 0 Å². The highest BCUT2D eigenvalue weighted by Gasteiger charge is 2.23. The average Bonchev–Trinajstić information content (AvgIpc) is 2.41. The number of piperidine rings is 1. The molecule has 1 aliphatic heterocycles. The molecule has 4 heteroatoms. The summed E-state index contributed by atoms with van der Waals surface area (Å²) in [4.78, 5) is 6.58. The zero-order valence-corrected chi connectivity index (χ0v) is 11.2. The quantitative estimate of drug-likeness (QED) is 0.635. The fourth-order valence-corrected chi connectivity index (χ4v) is 2.34. The van der Waals surface area contributed by atoms with Crippen molar-refractivity contribution < 1.29 is 0 Å². The number of nitrogen functional groups attached to an aromatic ring is 1. The van der Waals surface area contributed by atoms with Gasteiger partial charge in [0.05, 0.1) is 0 Å². The van der Waals surface area contributed by atoms with Crippen LogP contribution < -0.4 is 11.3 Å². The van der Waals surface area contributed by atoms with Gasteiger partial charge in [0.15, 0.2) is 0 Å². The maximum atomic E-state index is 5.31. The molecule has 1 saturated heterocycles. The van der Waals surface area contributed by atoms with Crippen molar-refractivity contribution in [2.75, 3.05) is 18.5 Å². The number of aromatic nitrogens is 1. The molecule has 2 rings (SSSR count). The number of nitrogens with one attached hydrogen (secondary N) is 1. The molecule has 0 saturated carbocycles. The minimum atomic E-state index is 0.673. The lowest BCUT2D eigenvalue weighted by Crippen LogP contribution is -2.36. The van der Waals surface area contributed by atoms with Crippen LogP contribution in [0, 0.1) is 11.8 Å². The van der Waals surface area contributed by atoms with Crippen molar-refractivity contribution in [3.63, 3.8) is 0 Å². The van der Waals surface area contributed by atoms with Crippen LogP contribution in [-0.2, 0) is 0 Å². The second kappa shape index (κ2) is 5.40. The monoisotopic (exact) mass is 246 g/mol. The number of nitrogens with two attached hydrogens (primary N) is 1. The van der Waals surface area contributed by atoms with Gasteiger partial charge < -0.3 is 10.3 Å². The molecule has 1 aliphatic rings. The predicted molar refractivity (Wildman–Crippen MR) is 75.6 cm³/mol. The first-order chi connectivity index (χ1) is 8.61. The third-order valence-corrected chi connectivity index (χ3v) is 3.96. The van der Waals surface area contributed by atoms with Crippen LogP contribution in [0.1, 0.15) is 25.8 Å². The first-order valence-corrected chi connectivity index (χ1v) is 6.48. The van der Waals surface area contributed by atoms with Crippen molar-refractivity contribution >= 4 is 11.5 Å². The van der Waals surface area contributed by atoms with Gasteiger partial charge in [-0.1, -0.05) is 20.4 Å². The van der Waals surface area contributed by atoms with Crippen molar-refractivity contribution in [1.82, 2.24) is 9.88 Å². The van der Waals surface area contributed by atoms with E-state index in [4.69, 9.17) is 5.84 Å². The van der Waals surface area contributed by atoms with E-state index < -0.39 is 0 Å². The third kappa shape index (κ3) is 2.64. The van der Waals surface area contributed by atoms with Gasteiger partial charge in [0.1, 0.15) is 5.82 Å². The number of hydrazine groups is 1. The van der Waals surface area contributed by atoms with Gasteiger partial charge in [-0.3, -0.25) is 0 Å². The molecule has 98 valence electrons. The standard InChI is InChI=1S/C14H22N4/c1-10-6-7-18(9-11(10)2)12(3)13-4-5-14(17-15)16-8-13/h4-5,8,10-11H,3,6-7,9,15H2,1-2H3,(H,16,17). The molecule has 0 aliphatic carbocycles. The molecule has 0 radical (unpaired) electrons. The lowest BCUT2D eigenvalue weighted by atomic mass is 9.88. The predicted octanol–water partition coefficient (Wildman–Crippen LogP) is 2.32. The molecule has 0 bridgehead atoms. The fourth-order valence-electron chi connectivity index (χ4n) is 2.34. The fraction of sp³-hybridized carbons (Fsp3) is 0.500. The van der Waals surface area contributed by atoms with E-state index >= 15 is 0 Å². The summed E-state index contributed by atoms with van der Waals surface area (Å²) in [5, 5.41) is 0. The molecule has 0 amide bonds. The largest absolute Gasteiger partial charge is 0.371 e. The maximum Gasteiger partial charge on any atom is 0.139 e. The number of hydrogen-bond donors (Lipinski definition) is 2. The highest BCUT2D eigenvalue weighted by Crippen LogP contribution is 2.28. The highest BCUT2D eigenvalue weighted by molar-refractivity contribution is 5.62. The van der Waals surface area contributed by atoms with E-state index in [1.54, 1.807) is 0 Å². The second-order valence-electron chi connectivity index (χ2n) is 5.21. The molecule has 0 spiro atoms. The summed E-state index contributed by atoms with van der Waals surface area (Å²) < 4.78 is 0. The van der Waals surface area contributed by atoms with Gasteiger partial charge in [0.2, 0.25) is 0 Å². The summed E-state index contributed by atoms with van der Waals surface area (Å²) in [6, 6.07) is 3.88. The normalized spacial score (nSPS) is 23.8. The lowest BCUT2D eigenvalue weighted by Gasteiger charge is -2.37. The Bertz CT molecular complexity index is 412. The van der Waals surface area contributed by atoms with Crippen molar-refractivity contribution in [2.24, 2.45) is 17.7 Å². The number of anilines is 1. The van der Waals surface area contributed by atoms with Crippen LogP contribution in [0.25, 0.3) is 5.70 Å². The zero-order valence-electron chi connectivity index (χ0n) is 11.2. The van der Waals surface area contributed by atoms with Crippen LogP contribution in [0.4, 0.5) is 5.82 Å². The SMILES string of the molecule is C=C(c1ccc(NN)nc1)N1CCC(C)C(C)C1. The van der Waals surface area contributed by atoms with E-state index in [-0.39, 0.29) is 0 Å². The lowest BCUT2D eigenvalue weighted by molar-refractivity contribution is 0.195. The smallest absolute Gasteiger partial charge is 0.139 e. The van der Waals surface area contributed by atoms with Crippen molar-refractivity contribution in [2.45, 2.75) is 20.3 Å². The zero-order chi connectivity index (χ0) is 13.1. The van der Waals surface area contributed by atoms with Gasteiger partial charge in [0, 0.05) is 30.5 Å². The van der Waals surface area contributed by atoms with Crippen LogP contribution in [0.3, 0.4) is 0 Å². The molecule has 1 fully saturated rings. The number of nitrogens with zero attached hydrogens (tertiary/aromatic N) is 2. The van der Waals surface area contributed by atoms with Gasteiger partial charge in [-0.05, 0) is 30.4 Å². The molecule has 3 N–H and O–H groups in total. The summed E-state index contributed by atoms with van der Waals surface area (Å²) >= 11 is 0. The molecule has 4 nitrogen and oxygen atoms in total. The Morgan fingerprint density at radius 3 is 2.78 bits per heavy atom. The molecule has 2 heterocycles. The first kappa shape index (κ1) is 12.9. The molecular weight excluding hydrogens is 224 g/mol. The first-order valence-electron chi connectivity index (χ1n) is 6.48. The van der Waals surface area contributed by atoms with Gasteiger partial charge in [0.25, 0.3) is 0 Å². The molecule has 1 aromatic rings. The van der Waals surface area contributed by atoms with E-state index in [1.165, 1.54) is 6.42 Å². The third-order valence-electron chi connectivity index (χ3n) is 3.96. The molecule has 0 aromatic carbocycles. The minimum Gasteiger partial charge on any atom is -0.371 e. The Morgan fingerprint density at radius 2 is 2.22 bits per heavy atom. The van der Waals surface area contributed by atoms with Crippen LogP contribution in [0.2, 0.25) is 0 Å². The Labute approximate surface area is 109 Å². The van der Waals surface area contributed by atoms with Crippen molar-refractivity contribution in [3.8, 4) is 0 Å². The Balaban J connectivity index is 2.06. The summed E-state index contributed by atoms with van der Waals surface area (Å²) in [7, 11) is 0. The average molecular weight is 246 g/mol. The molecular formula is C14H22N4. The molecule has 2 atom stereocenters. The number of pyridine rings is 1. The summed E-state index contributed by atoms with van der Waals surface area (Å²) in [6.45, 7) is 11.0. The second-order valence-corrected chi connectivity index (χ2v) is 5.21. The highest BCUT2D eigenvalue weighted by atomic mass is 15.2. The van der Waals surface area contributed by atoms with Crippen molar-refractivity contribution in [3.05, 3.63) is 30.5 Å². The van der Waals surface area contributed by atoms with Crippen LogP contribution >= 0.6 is 0 Å². The maximum absolute atomic E-state index is 5.31. The minimum absolute atomic E-state index is 0.673. The topological polar surface area (TPSA) is 54.2 Å². The molecule has 2 unspecified atom stereocenters. The van der Waals surface area contributed by atoms with Crippen LogP contribution in [0.15, 0.2) is 24.9 Å². The van der Waals surface area contributed by atoms with E-state index in [2.05, 4.69) is 35.7 Å². The number of rotatable bonds is 3. The molecule has 1 aromatic heterocycles. The molecule has 18 heavy (non-hydrogen) atoms. The van der Waals surface area contributed by atoms with Gasteiger partial charge >= 0.3 is 0 Å². The van der Waals surface area contributed by atoms with E-state index in [0.717, 1.165) is 30.3 Å². The Hall–Kier alpha value is -1.55. The van der Waals surface area contributed by atoms with Gasteiger partial charge in [-0.15, -0.1) is 0 Å². The summed E-state index contributed by atoms with van der Waals surface area (Å²) in [6.07, 6.45) is 3.05. The van der Waals surface area contributed by atoms with Crippen molar-refractivity contribution in [1.29, 1.82) is 0 Å². The van der Waals surface area contributed by atoms with E-state index in [1.807, 2.05) is 18.3 Å². The summed E-state index contributed by atoms with van der Waals surface area (Å²) in [5.41, 5.74) is 4.66. The van der Waals surface area contributed by atoms with Crippen LogP contribution in [-0.4, -0.2) is 23.0 Å². The van der Waals surface area contributed by atoms with E-state index in [0.29, 0.717) is 11.7 Å². The van der Waals surface area contributed by atoms with Crippen LogP contribution in [0.5, 0.6) is 0 Å².